The number of nitrogens with two attached hydrogens (primary N) is 1. The fourth-order valence-electron chi connectivity index (χ4n) is 3.31. The van der Waals surface area contributed by atoms with E-state index in [9.17, 15) is 39.9 Å². The summed E-state index contributed by atoms with van der Waals surface area (Å²) in [7, 11) is 1.29. The van der Waals surface area contributed by atoms with Crippen molar-refractivity contribution in [3.05, 3.63) is 35.9 Å². The number of aliphatic carboxylic acids is 1. The van der Waals surface area contributed by atoms with Gasteiger partial charge in [-0.05, 0) is 6.07 Å². The topological polar surface area (TPSA) is 144 Å². The van der Waals surface area contributed by atoms with E-state index in [0.717, 1.165) is 17.1 Å². The van der Waals surface area contributed by atoms with Gasteiger partial charge in [0.1, 0.15) is 11.4 Å². The molecule has 11 nitrogen and oxygen atoms in total. The van der Waals surface area contributed by atoms with Crippen LogP contribution in [0.3, 0.4) is 0 Å². The number of carboxylic acids is 1. The molecule has 1 atom stereocenters. The number of fused-ring (bicyclic) bond motifs is 1. The molecule has 1 amide bonds. The van der Waals surface area contributed by atoms with Gasteiger partial charge in [-0.1, -0.05) is 0 Å². The summed E-state index contributed by atoms with van der Waals surface area (Å²) in [4.78, 5) is 27.4. The molecular weight excluding hydrogens is 540 g/mol. The SMILES string of the molecule is Cn1cc(NC(=O)c2cnn3ccc(N4CCC(F)(F)[C@H](N)C4)nc23)c(C(F)(F)F)n1.O=C(O)C(F)(F)F. The molecule has 4 heterocycles. The lowest BCUT2D eigenvalue weighted by molar-refractivity contribution is -0.192. The van der Waals surface area contributed by atoms with Gasteiger partial charge in [-0.3, -0.25) is 9.48 Å². The summed E-state index contributed by atoms with van der Waals surface area (Å²) in [6.45, 7) is -0.138. The third-order valence-electron chi connectivity index (χ3n) is 5.19. The number of hydrogen-bond donors (Lipinski definition) is 3. The standard InChI is InChI=1S/C17H17F5N8O.C2HF3O2/c1-28-7-10(13(27-28)17(20,21)22)25-15(31)9-6-24-30-4-2-12(26-14(9)30)29-5-3-16(18,19)11(23)8-29;3-2(4,5)1(6)7/h2,4,6-7,11H,3,5,8,23H2,1H3,(H,25,31);(H,6,7)/t11-;/m1./s1. The summed E-state index contributed by atoms with van der Waals surface area (Å²) < 4.78 is 101. The Morgan fingerprint density at radius 2 is 1.84 bits per heavy atom. The van der Waals surface area contributed by atoms with Crippen molar-refractivity contribution in [2.75, 3.05) is 23.3 Å². The van der Waals surface area contributed by atoms with Crippen LogP contribution in [0.2, 0.25) is 0 Å². The van der Waals surface area contributed by atoms with E-state index >= 15 is 0 Å². The minimum Gasteiger partial charge on any atom is -0.475 e. The summed E-state index contributed by atoms with van der Waals surface area (Å²) >= 11 is 0. The molecule has 1 aliphatic rings. The summed E-state index contributed by atoms with van der Waals surface area (Å²) in [5.41, 5.74) is 3.76. The number of amides is 1. The lowest BCUT2D eigenvalue weighted by Crippen LogP contribution is -2.55. The maximum Gasteiger partial charge on any atom is 0.490 e. The summed E-state index contributed by atoms with van der Waals surface area (Å²) in [5.74, 6) is -6.32. The van der Waals surface area contributed by atoms with E-state index in [-0.39, 0.29) is 24.3 Å². The van der Waals surface area contributed by atoms with Crippen molar-refractivity contribution in [2.24, 2.45) is 12.8 Å². The van der Waals surface area contributed by atoms with Gasteiger partial charge in [-0.15, -0.1) is 0 Å². The normalized spacial score (nSPS) is 17.6. The average molecular weight is 558 g/mol. The number of halogens is 8. The quantitative estimate of drug-likeness (QED) is 0.417. The van der Waals surface area contributed by atoms with Gasteiger partial charge in [0.25, 0.3) is 11.8 Å². The van der Waals surface area contributed by atoms with E-state index in [1.807, 2.05) is 0 Å². The first kappa shape index (κ1) is 28.5. The number of nitrogens with one attached hydrogen (secondary N) is 1. The van der Waals surface area contributed by atoms with Crippen LogP contribution in [0, 0.1) is 0 Å². The van der Waals surface area contributed by atoms with Crippen LogP contribution in [-0.4, -0.2) is 72.6 Å². The Kier molecular flexibility index (Phi) is 7.53. The lowest BCUT2D eigenvalue weighted by Gasteiger charge is -2.37. The van der Waals surface area contributed by atoms with E-state index in [1.54, 1.807) is 4.90 Å². The minimum atomic E-state index is -5.08. The number of carbonyl (C=O) groups excluding carboxylic acids is 1. The van der Waals surface area contributed by atoms with Crippen LogP contribution < -0.4 is 16.0 Å². The molecule has 0 saturated carbocycles. The zero-order chi connectivity index (χ0) is 28.6. The molecule has 0 spiro atoms. The highest BCUT2D eigenvalue weighted by Gasteiger charge is 2.42. The van der Waals surface area contributed by atoms with Crippen molar-refractivity contribution in [3.63, 3.8) is 0 Å². The van der Waals surface area contributed by atoms with E-state index in [0.29, 0.717) is 5.82 Å². The molecule has 1 fully saturated rings. The number of anilines is 2. The fraction of sp³-hybridized carbons (Fsp3) is 0.421. The number of rotatable bonds is 3. The van der Waals surface area contributed by atoms with E-state index in [1.165, 1.54) is 23.8 Å². The van der Waals surface area contributed by atoms with Crippen molar-refractivity contribution >= 4 is 29.0 Å². The van der Waals surface area contributed by atoms with Crippen LogP contribution in [0.15, 0.2) is 24.7 Å². The molecule has 0 aliphatic carbocycles. The molecule has 4 N–H and O–H groups in total. The first-order chi connectivity index (χ1) is 17.4. The van der Waals surface area contributed by atoms with Gasteiger partial charge in [-0.25, -0.2) is 23.1 Å². The zero-order valence-electron chi connectivity index (χ0n) is 19.1. The van der Waals surface area contributed by atoms with Crippen molar-refractivity contribution in [1.29, 1.82) is 0 Å². The monoisotopic (exact) mass is 558 g/mol. The lowest BCUT2D eigenvalue weighted by atomic mass is 10.0. The zero-order valence-corrected chi connectivity index (χ0v) is 19.1. The highest BCUT2D eigenvalue weighted by Crippen LogP contribution is 2.34. The second-order valence-electron chi connectivity index (χ2n) is 8.00. The predicted octanol–water partition coefficient (Wildman–Crippen LogP) is 2.54. The smallest absolute Gasteiger partial charge is 0.475 e. The third kappa shape index (κ3) is 6.26. The van der Waals surface area contributed by atoms with Gasteiger partial charge in [-0.2, -0.15) is 36.5 Å². The minimum absolute atomic E-state index is 0.00413. The van der Waals surface area contributed by atoms with Crippen LogP contribution in [0.5, 0.6) is 0 Å². The van der Waals surface area contributed by atoms with Crippen molar-refractivity contribution in [1.82, 2.24) is 24.4 Å². The van der Waals surface area contributed by atoms with Crippen LogP contribution in [0.1, 0.15) is 22.5 Å². The Hall–Kier alpha value is -4.03. The Morgan fingerprint density at radius 1 is 1.21 bits per heavy atom. The van der Waals surface area contributed by atoms with Gasteiger partial charge in [0, 0.05) is 39.0 Å². The molecule has 1 aliphatic heterocycles. The molecule has 3 aromatic rings. The molecule has 4 rings (SSSR count). The molecule has 0 aromatic carbocycles. The molecule has 0 unspecified atom stereocenters. The highest BCUT2D eigenvalue weighted by molar-refractivity contribution is 6.08. The summed E-state index contributed by atoms with van der Waals surface area (Å²) in [5, 5.41) is 16.6. The van der Waals surface area contributed by atoms with E-state index < -0.39 is 54.0 Å². The van der Waals surface area contributed by atoms with Gasteiger partial charge >= 0.3 is 18.3 Å². The highest BCUT2D eigenvalue weighted by atomic mass is 19.4. The second kappa shape index (κ2) is 10.0. The summed E-state index contributed by atoms with van der Waals surface area (Å²) in [6.07, 6.45) is -6.64. The second-order valence-corrected chi connectivity index (χ2v) is 8.00. The molecule has 38 heavy (non-hydrogen) atoms. The van der Waals surface area contributed by atoms with Crippen LogP contribution in [-0.2, 0) is 18.0 Å². The van der Waals surface area contributed by atoms with Crippen LogP contribution in [0.25, 0.3) is 5.65 Å². The Bertz CT molecular complexity index is 1330. The first-order valence-electron chi connectivity index (χ1n) is 10.3. The van der Waals surface area contributed by atoms with Gasteiger partial charge in [0.15, 0.2) is 11.3 Å². The molecule has 3 aromatic heterocycles. The molecule has 0 bridgehead atoms. The average Bonchev–Trinajstić information content (AvgIpc) is 3.38. The third-order valence-corrected chi connectivity index (χ3v) is 5.19. The number of nitrogens with zero attached hydrogens (tertiary/aromatic N) is 6. The van der Waals surface area contributed by atoms with Crippen LogP contribution >= 0.6 is 0 Å². The molecule has 1 saturated heterocycles. The van der Waals surface area contributed by atoms with Crippen molar-refractivity contribution in [3.8, 4) is 0 Å². The number of carboxylic acid groups (broad SMARTS) is 1. The largest absolute Gasteiger partial charge is 0.490 e. The number of aryl methyl sites for hydroxylation is 1. The first-order valence-corrected chi connectivity index (χ1v) is 10.3. The van der Waals surface area contributed by atoms with E-state index in [2.05, 4.69) is 20.5 Å². The molecule has 208 valence electrons. The number of aromatic nitrogens is 5. The maximum absolute atomic E-state index is 13.7. The number of hydrogen-bond acceptors (Lipinski definition) is 7. The fourth-order valence-corrected chi connectivity index (χ4v) is 3.31. The van der Waals surface area contributed by atoms with Crippen molar-refractivity contribution in [2.45, 2.75) is 30.7 Å². The molecule has 0 radical (unpaired) electrons. The van der Waals surface area contributed by atoms with Gasteiger partial charge < -0.3 is 21.1 Å². The Morgan fingerprint density at radius 3 is 2.39 bits per heavy atom. The van der Waals surface area contributed by atoms with Gasteiger partial charge in [0.2, 0.25) is 0 Å². The Labute approximate surface area is 206 Å². The Balaban J connectivity index is 0.000000505. The predicted molar refractivity (Wildman–Crippen MR) is 113 cm³/mol. The van der Waals surface area contributed by atoms with Crippen LogP contribution in [0.4, 0.5) is 46.6 Å². The summed E-state index contributed by atoms with van der Waals surface area (Å²) in [6, 6.07) is 0.152. The maximum atomic E-state index is 13.7. The van der Waals surface area contributed by atoms with Gasteiger partial charge in [0.05, 0.1) is 17.9 Å². The van der Waals surface area contributed by atoms with Crippen molar-refractivity contribution < 1.29 is 49.8 Å². The van der Waals surface area contributed by atoms with E-state index in [4.69, 9.17) is 15.6 Å². The molecular formula is C19H18F8N8O3. The molecule has 19 heteroatoms. The number of piperidine rings is 1. The number of carbonyl (C=O) groups is 2. The number of alkyl halides is 8.